The molecule has 3 aliphatic rings. The Morgan fingerprint density at radius 2 is 1.39 bits per heavy atom. The normalized spacial score (nSPS) is 19.2. The van der Waals surface area contributed by atoms with Gasteiger partial charge in [0.05, 0.1) is 5.69 Å². The number of ether oxygens (including phenoxy) is 1. The summed E-state index contributed by atoms with van der Waals surface area (Å²) < 4.78 is 6.94. The fourth-order valence-corrected chi connectivity index (χ4v) is 8.00. The van der Waals surface area contributed by atoms with E-state index >= 15 is 0 Å². The quantitative estimate of drug-likeness (QED) is 0.133. The van der Waals surface area contributed by atoms with Crippen LogP contribution in [0.2, 0.25) is 0 Å². The first kappa shape index (κ1) is 32.7. The van der Waals surface area contributed by atoms with E-state index in [1.54, 1.807) is 12.1 Å². The number of nitrogens with one attached hydrogen (secondary N) is 1. The molecule has 1 N–H and O–H groups in total. The first-order chi connectivity index (χ1) is 24.8. The maximum absolute atomic E-state index is 14.4. The fourth-order valence-electron chi connectivity index (χ4n) is 7.63. The minimum atomic E-state index is -0.768. The van der Waals surface area contributed by atoms with Crippen LogP contribution in [0.3, 0.4) is 0 Å². The lowest BCUT2D eigenvalue weighted by atomic mass is 9.76. The van der Waals surface area contributed by atoms with Gasteiger partial charge in [0.1, 0.15) is 17.9 Å². The number of anilines is 2. The van der Waals surface area contributed by atoms with Gasteiger partial charge in [0.25, 0.3) is 11.8 Å². The highest BCUT2D eigenvalue weighted by Gasteiger charge is 2.40. The summed E-state index contributed by atoms with van der Waals surface area (Å²) in [5.74, 6) is -0.762. The van der Waals surface area contributed by atoms with Crippen molar-refractivity contribution in [1.29, 1.82) is 0 Å². The van der Waals surface area contributed by atoms with Crippen LogP contribution in [0.25, 0.3) is 6.08 Å². The summed E-state index contributed by atoms with van der Waals surface area (Å²) >= 11 is 3.53. The van der Waals surface area contributed by atoms with Gasteiger partial charge in [-0.05, 0) is 84.0 Å². The van der Waals surface area contributed by atoms with Crippen molar-refractivity contribution in [3.8, 4) is 5.75 Å². The van der Waals surface area contributed by atoms with Gasteiger partial charge in [0.2, 0.25) is 0 Å². The monoisotopic (exact) mass is 737 g/mol. The van der Waals surface area contributed by atoms with Crippen LogP contribution in [0.15, 0.2) is 125 Å². The number of imide groups is 2. The molecule has 5 aromatic rings. The number of carbonyl (C=O) groups is 3. The lowest BCUT2D eigenvalue weighted by Gasteiger charge is -2.44. The summed E-state index contributed by atoms with van der Waals surface area (Å²) in [6.07, 6.45) is 3.33. The van der Waals surface area contributed by atoms with E-state index in [2.05, 4.69) is 74.7 Å². The lowest BCUT2D eigenvalue weighted by Crippen LogP contribution is -2.54. The number of barbiturate groups is 1. The van der Waals surface area contributed by atoms with Gasteiger partial charge in [-0.2, -0.15) is 0 Å². The first-order valence-corrected chi connectivity index (χ1v) is 18.1. The van der Waals surface area contributed by atoms with Crippen LogP contribution in [0, 0.1) is 6.92 Å². The van der Waals surface area contributed by atoms with Crippen LogP contribution < -0.4 is 19.9 Å². The van der Waals surface area contributed by atoms with Gasteiger partial charge >= 0.3 is 6.03 Å². The van der Waals surface area contributed by atoms with Crippen molar-refractivity contribution in [2.45, 2.75) is 38.2 Å². The molecule has 2 atom stereocenters. The molecule has 5 aromatic carbocycles. The smallest absolute Gasteiger partial charge is 0.335 e. The summed E-state index contributed by atoms with van der Waals surface area (Å²) in [4.78, 5) is 45.0. The molecule has 51 heavy (non-hydrogen) atoms. The van der Waals surface area contributed by atoms with Crippen LogP contribution >= 0.6 is 15.9 Å². The van der Waals surface area contributed by atoms with E-state index in [-0.39, 0.29) is 17.4 Å². The molecule has 0 aromatic heterocycles. The maximum Gasteiger partial charge on any atom is 0.335 e. The number of aryl methyl sites for hydroxylation is 1. The van der Waals surface area contributed by atoms with Crippen molar-refractivity contribution in [2.75, 3.05) is 22.9 Å². The Balaban J connectivity index is 1.21. The van der Waals surface area contributed by atoms with Crippen LogP contribution in [-0.4, -0.2) is 30.9 Å². The second-order valence-electron chi connectivity index (χ2n) is 13.4. The fraction of sp³-hybridized carbons (Fsp3) is 0.186. The molecule has 8 rings (SSSR count). The predicted molar refractivity (Wildman–Crippen MR) is 203 cm³/mol. The van der Waals surface area contributed by atoms with Crippen molar-refractivity contribution in [3.05, 3.63) is 164 Å². The second kappa shape index (κ2) is 13.7. The standard InChI is InChI=1S/C43H36BrN3O4/c1-27-12-14-28(15-13-27)26-51-39-17-16-32(44)22-31(39)23-38-41(48)45-43(50)47(42(38)49)33-24-36-34(29-8-4-2-5-9-29)18-20-46-21-19-35(37(25-33)40(36)46)30-10-6-3-7-11-30/h2-17,22-25,34-35H,18-21,26H2,1H3,(H,45,48,50)/b38-23+/t34-,35+. The number of rotatable bonds is 7. The second-order valence-corrected chi connectivity index (χ2v) is 14.3. The Labute approximate surface area is 305 Å². The molecule has 1 saturated heterocycles. The number of hydrogen-bond acceptors (Lipinski definition) is 5. The number of urea groups is 1. The molecule has 0 spiro atoms. The third kappa shape index (κ3) is 6.36. The topological polar surface area (TPSA) is 79.0 Å². The highest BCUT2D eigenvalue weighted by Crippen LogP contribution is 2.50. The molecular formula is C43H36BrN3O4. The van der Waals surface area contributed by atoms with Gasteiger partial charge in [0, 0.05) is 40.6 Å². The first-order valence-electron chi connectivity index (χ1n) is 17.3. The van der Waals surface area contributed by atoms with Gasteiger partial charge in [-0.25, -0.2) is 9.69 Å². The Morgan fingerprint density at radius 3 is 2.00 bits per heavy atom. The number of hydrogen-bond donors (Lipinski definition) is 1. The summed E-state index contributed by atoms with van der Waals surface area (Å²) in [5, 5.41) is 2.45. The number of halogens is 1. The van der Waals surface area contributed by atoms with Gasteiger partial charge in [-0.15, -0.1) is 0 Å². The van der Waals surface area contributed by atoms with Crippen molar-refractivity contribution >= 4 is 51.2 Å². The Morgan fingerprint density at radius 1 is 0.784 bits per heavy atom. The Kier molecular flexibility index (Phi) is 8.78. The molecule has 0 aliphatic carbocycles. The lowest BCUT2D eigenvalue weighted by molar-refractivity contribution is -0.122. The maximum atomic E-state index is 14.4. The molecule has 254 valence electrons. The van der Waals surface area contributed by atoms with Gasteiger partial charge in [0.15, 0.2) is 0 Å². The molecule has 0 unspecified atom stereocenters. The molecule has 3 aliphatic heterocycles. The third-order valence-electron chi connectivity index (χ3n) is 10.1. The highest BCUT2D eigenvalue weighted by atomic mass is 79.9. The molecule has 4 amide bonds. The minimum Gasteiger partial charge on any atom is -0.488 e. The summed E-state index contributed by atoms with van der Waals surface area (Å²) in [7, 11) is 0. The van der Waals surface area contributed by atoms with E-state index in [4.69, 9.17) is 4.74 Å². The van der Waals surface area contributed by atoms with Crippen molar-refractivity contribution in [2.24, 2.45) is 0 Å². The van der Waals surface area contributed by atoms with Crippen molar-refractivity contribution in [3.63, 3.8) is 0 Å². The van der Waals surface area contributed by atoms with Crippen LogP contribution in [0.4, 0.5) is 16.2 Å². The molecule has 0 radical (unpaired) electrons. The van der Waals surface area contributed by atoms with Crippen LogP contribution in [0.1, 0.15) is 63.6 Å². The van der Waals surface area contributed by atoms with Crippen LogP contribution in [0.5, 0.6) is 5.75 Å². The zero-order valence-corrected chi connectivity index (χ0v) is 29.7. The van der Waals surface area contributed by atoms with E-state index in [1.807, 2.05) is 61.5 Å². The number of nitrogens with zero attached hydrogens (tertiary/aromatic N) is 2. The Hall–Kier alpha value is -5.47. The molecule has 3 heterocycles. The van der Waals surface area contributed by atoms with E-state index in [1.165, 1.54) is 22.9 Å². The van der Waals surface area contributed by atoms with Gasteiger partial charge in [-0.3, -0.25) is 14.9 Å². The predicted octanol–water partition coefficient (Wildman–Crippen LogP) is 8.88. The van der Waals surface area contributed by atoms with Gasteiger partial charge in [-0.1, -0.05) is 106 Å². The van der Waals surface area contributed by atoms with E-state index in [0.29, 0.717) is 23.6 Å². The Bertz CT molecular complexity index is 2110. The average Bonchev–Trinajstić information content (AvgIpc) is 3.14. The molecule has 0 bridgehead atoms. The summed E-state index contributed by atoms with van der Waals surface area (Å²) in [6, 6.07) is 37.5. The molecule has 0 saturated carbocycles. The SMILES string of the molecule is Cc1ccc(COc2ccc(Br)cc2/C=C2\C(=O)NC(=O)N(c3cc4c5c(c3)[C@H](c3ccccc3)CCN5CC[C@@H]4c3ccccc3)C2=O)cc1. The third-order valence-corrected chi connectivity index (χ3v) is 10.6. The van der Waals surface area contributed by atoms with Crippen molar-refractivity contribution in [1.82, 2.24) is 5.32 Å². The molecule has 7 nitrogen and oxygen atoms in total. The number of amides is 4. The zero-order chi connectivity index (χ0) is 35.1. The zero-order valence-electron chi connectivity index (χ0n) is 28.1. The average molecular weight is 739 g/mol. The highest BCUT2D eigenvalue weighted by molar-refractivity contribution is 9.10. The van der Waals surface area contributed by atoms with Crippen LogP contribution in [-0.2, 0) is 16.2 Å². The molecule has 8 heteroatoms. The van der Waals surface area contributed by atoms with E-state index in [0.717, 1.165) is 57.6 Å². The van der Waals surface area contributed by atoms with E-state index < -0.39 is 17.8 Å². The van der Waals surface area contributed by atoms with E-state index in [9.17, 15) is 14.4 Å². The molecule has 1 fully saturated rings. The minimum absolute atomic E-state index is 0.0835. The van der Waals surface area contributed by atoms with Gasteiger partial charge < -0.3 is 9.64 Å². The summed E-state index contributed by atoms with van der Waals surface area (Å²) in [5.41, 5.74) is 8.70. The largest absolute Gasteiger partial charge is 0.488 e. The number of carbonyl (C=O) groups excluding carboxylic acids is 3. The van der Waals surface area contributed by atoms with Crippen molar-refractivity contribution < 1.29 is 19.1 Å². The number of benzene rings is 5. The molecular weight excluding hydrogens is 702 g/mol. The summed E-state index contributed by atoms with van der Waals surface area (Å²) in [6.45, 7) is 4.18.